The minimum absolute atomic E-state index is 0.398. The molecule has 1 heterocycles. The number of aryl methyl sites for hydroxylation is 1. The number of aromatic nitrogens is 2. The van der Waals surface area contributed by atoms with E-state index in [0.29, 0.717) is 24.0 Å². The summed E-state index contributed by atoms with van der Waals surface area (Å²) in [5.74, 6) is 2.55. The highest BCUT2D eigenvalue weighted by atomic mass is 16.5. The molecule has 0 saturated heterocycles. The number of anilines is 1. The molecule has 0 saturated carbocycles. The molecule has 32 heavy (non-hydrogen) atoms. The molecule has 0 amide bonds. The summed E-state index contributed by atoms with van der Waals surface area (Å²) >= 11 is 0. The lowest BCUT2D eigenvalue weighted by molar-refractivity contribution is 0.295. The summed E-state index contributed by atoms with van der Waals surface area (Å²) in [6.45, 7) is 4.36. The van der Waals surface area contributed by atoms with Gasteiger partial charge in [0.25, 0.3) is 5.89 Å². The number of para-hydroxylation sites is 1. The van der Waals surface area contributed by atoms with Crippen molar-refractivity contribution >= 4 is 17.8 Å². The zero-order chi connectivity index (χ0) is 22.5. The average Bonchev–Trinajstić information content (AvgIpc) is 3.28. The molecule has 162 valence electrons. The molecule has 1 aromatic heterocycles. The van der Waals surface area contributed by atoms with Gasteiger partial charge >= 0.3 is 0 Å². The molecule has 0 unspecified atom stereocenters. The van der Waals surface area contributed by atoms with Crippen LogP contribution in [-0.4, -0.2) is 17.3 Å². The Kier molecular flexibility index (Phi) is 6.22. The van der Waals surface area contributed by atoms with Crippen LogP contribution in [0.4, 0.5) is 5.69 Å². The van der Waals surface area contributed by atoms with Crippen molar-refractivity contribution in [2.24, 2.45) is 0 Å². The number of rotatable bonds is 7. The summed E-state index contributed by atoms with van der Waals surface area (Å²) in [5.41, 5.74) is 11.5. The molecule has 0 bridgehead atoms. The van der Waals surface area contributed by atoms with Gasteiger partial charge in [0.1, 0.15) is 18.1 Å². The summed E-state index contributed by atoms with van der Waals surface area (Å²) in [6, 6.07) is 19.5. The lowest BCUT2D eigenvalue weighted by atomic mass is 10.1. The Balaban J connectivity index is 1.52. The predicted octanol–water partition coefficient (Wildman–Crippen LogP) is 5.69. The molecule has 4 rings (SSSR count). The number of hydrogen-bond donors (Lipinski definition) is 1. The minimum Gasteiger partial charge on any atom is -0.496 e. The van der Waals surface area contributed by atoms with Crippen LogP contribution in [0.3, 0.4) is 0 Å². The van der Waals surface area contributed by atoms with Crippen molar-refractivity contribution in [1.82, 2.24) is 10.1 Å². The first-order valence-electron chi connectivity index (χ1n) is 10.3. The van der Waals surface area contributed by atoms with Gasteiger partial charge in [0, 0.05) is 22.9 Å². The van der Waals surface area contributed by atoms with Crippen LogP contribution in [-0.2, 0) is 6.61 Å². The third-order valence-corrected chi connectivity index (χ3v) is 5.26. The molecule has 3 aromatic carbocycles. The van der Waals surface area contributed by atoms with Gasteiger partial charge in [0.15, 0.2) is 0 Å². The SMILES string of the molecule is COc1ccc(/C=C\c2nc(-c3cccc(N)c3C)no2)cc1COc1ccccc1C. The molecule has 0 spiro atoms. The Morgan fingerprint density at radius 2 is 1.81 bits per heavy atom. The summed E-state index contributed by atoms with van der Waals surface area (Å²) in [4.78, 5) is 4.47. The summed E-state index contributed by atoms with van der Waals surface area (Å²) in [7, 11) is 1.65. The van der Waals surface area contributed by atoms with Crippen LogP contribution in [0, 0.1) is 13.8 Å². The predicted molar refractivity (Wildman–Crippen MR) is 126 cm³/mol. The van der Waals surface area contributed by atoms with E-state index in [4.69, 9.17) is 19.7 Å². The maximum absolute atomic E-state index is 6.00. The van der Waals surface area contributed by atoms with E-state index in [2.05, 4.69) is 10.1 Å². The molecule has 0 aliphatic heterocycles. The van der Waals surface area contributed by atoms with Crippen LogP contribution in [0.25, 0.3) is 23.5 Å². The molecular weight excluding hydrogens is 402 g/mol. The van der Waals surface area contributed by atoms with E-state index >= 15 is 0 Å². The van der Waals surface area contributed by atoms with Crippen molar-refractivity contribution in [3.63, 3.8) is 0 Å². The first-order valence-corrected chi connectivity index (χ1v) is 10.3. The Bertz CT molecular complexity index is 1260. The summed E-state index contributed by atoms with van der Waals surface area (Å²) < 4.78 is 16.9. The minimum atomic E-state index is 0.398. The largest absolute Gasteiger partial charge is 0.496 e. The van der Waals surface area contributed by atoms with Crippen LogP contribution in [0.5, 0.6) is 11.5 Å². The van der Waals surface area contributed by atoms with E-state index < -0.39 is 0 Å². The van der Waals surface area contributed by atoms with E-state index in [1.807, 2.05) is 80.6 Å². The topological polar surface area (TPSA) is 83.4 Å². The van der Waals surface area contributed by atoms with Gasteiger partial charge in [0.2, 0.25) is 5.82 Å². The second kappa shape index (κ2) is 9.39. The fraction of sp³-hybridized carbons (Fsp3) is 0.154. The number of nitrogens with zero attached hydrogens (tertiary/aromatic N) is 2. The van der Waals surface area contributed by atoms with E-state index in [-0.39, 0.29) is 0 Å². The van der Waals surface area contributed by atoms with Gasteiger partial charge in [-0.1, -0.05) is 41.6 Å². The lowest BCUT2D eigenvalue weighted by Gasteiger charge is -2.12. The Labute approximate surface area is 187 Å². The van der Waals surface area contributed by atoms with Crippen molar-refractivity contribution in [3.05, 3.63) is 88.8 Å². The normalized spacial score (nSPS) is 11.1. The van der Waals surface area contributed by atoms with Crippen LogP contribution < -0.4 is 15.2 Å². The van der Waals surface area contributed by atoms with Gasteiger partial charge in [-0.15, -0.1) is 0 Å². The van der Waals surface area contributed by atoms with Crippen LogP contribution in [0.1, 0.15) is 28.1 Å². The number of hydrogen-bond acceptors (Lipinski definition) is 6. The summed E-state index contributed by atoms with van der Waals surface area (Å²) in [5, 5.41) is 4.08. The maximum Gasteiger partial charge on any atom is 0.250 e. The molecule has 6 heteroatoms. The highest BCUT2D eigenvalue weighted by Crippen LogP contribution is 2.26. The standard InChI is InChI=1S/C26H25N3O3/c1-17-7-4-5-10-23(17)31-16-20-15-19(11-13-24(20)30-3)12-14-25-28-26(29-32-25)21-8-6-9-22(27)18(21)2/h4-15H,16,27H2,1-3H3/b14-12-. The average molecular weight is 428 g/mol. The van der Waals surface area contributed by atoms with E-state index in [1.54, 1.807) is 13.2 Å². The molecular formula is C26H25N3O3. The van der Waals surface area contributed by atoms with Crippen molar-refractivity contribution in [2.45, 2.75) is 20.5 Å². The van der Waals surface area contributed by atoms with E-state index in [9.17, 15) is 0 Å². The molecule has 0 fully saturated rings. The van der Waals surface area contributed by atoms with E-state index in [1.165, 1.54) is 0 Å². The van der Waals surface area contributed by atoms with Gasteiger partial charge in [-0.2, -0.15) is 4.98 Å². The number of methoxy groups -OCH3 is 1. The molecule has 0 radical (unpaired) electrons. The highest BCUT2D eigenvalue weighted by Gasteiger charge is 2.11. The summed E-state index contributed by atoms with van der Waals surface area (Å²) in [6.07, 6.45) is 3.70. The molecule has 0 aliphatic rings. The highest BCUT2D eigenvalue weighted by molar-refractivity contribution is 5.70. The van der Waals surface area contributed by atoms with Crippen molar-refractivity contribution in [1.29, 1.82) is 0 Å². The smallest absolute Gasteiger partial charge is 0.250 e. The molecule has 0 aliphatic carbocycles. The van der Waals surface area contributed by atoms with Gasteiger partial charge in [0.05, 0.1) is 7.11 Å². The van der Waals surface area contributed by atoms with Crippen LogP contribution in [0.2, 0.25) is 0 Å². The van der Waals surface area contributed by atoms with Crippen LogP contribution in [0.15, 0.2) is 65.2 Å². The fourth-order valence-electron chi connectivity index (χ4n) is 3.36. The van der Waals surface area contributed by atoms with Gasteiger partial charge in [-0.3, -0.25) is 0 Å². The Morgan fingerprint density at radius 1 is 0.969 bits per heavy atom. The number of nitrogen functional groups attached to an aromatic ring is 1. The van der Waals surface area contributed by atoms with Crippen molar-refractivity contribution < 1.29 is 14.0 Å². The Hall–Kier alpha value is -4.06. The van der Waals surface area contributed by atoms with Gasteiger partial charge in [-0.05, 0) is 60.9 Å². The zero-order valence-electron chi connectivity index (χ0n) is 18.3. The molecule has 2 N–H and O–H groups in total. The number of ether oxygens (including phenoxy) is 2. The number of nitrogens with two attached hydrogens (primary N) is 1. The molecule has 4 aromatic rings. The van der Waals surface area contributed by atoms with Crippen LogP contribution >= 0.6 is 0 Å². The first-order chi connectivity index (χ1) is 15.5. The third kappa shape index (κ3) is 4.64. The maximum atomic E-state index is 6.00. The zero-order valence-corrected chi connectivity index (χ0v) is 18.3. The monoisotopic (exact) mass is 427 g/mol. The lowest BCUT2D eigenvalue weighted by Crippen LogP contribution is -2.00. The van der Waals surface area contributed by atoms with Gasteiger partial charge in [-0.25, -0.2) is 0 Å². The van der Waals surface area contributed by atoms with Gasteiger partial charge < -0.3 is 19.7 Å². The number of benzene rings is 3. The Morgan fingerprint density at radius 3 is 2.62 bits per heavy atom. The quantitative estimate of drug-likeness (QED) is 0.381. The second-order valence-corrected chi connectivity index (χ2v) is 7.43. The third-order valence-electron chi connectivity index (χ3n) is 5.26. The van der Waals surface area contributed by atoms with Crippen molar-refractivity contribution in [3.8, 4) is 22.9 Å². The van der Waals surface area contributed by atoms with Crippen molar-refractivity contribution in [2.75, 3.05) is 12.8 Å². The first kappa shape index (κ1) is 21.2. The fourth-order valence-corrected chi connectivity index (χ4v) is 3.36. The van der Waals surface area contributed by atoms with E-state index in [0.717, 1.165) is 39.3 Å². The second-order valence-electron chi connectivity index (χ2n) is 7.43. The molecule has 6 nitrogen and oxygen atoms in total. The molecule has 0 atom stereocenters.